The van der Waals surface area contributed by atoms with Crippen LogP contribution in [0, 0.1) is 0 Å². The van der Waals surface area contributed by atoms with E-state index in [4.69, 9.17) is 16.3 Å². The number of ether oxygens (including phenoxy) is 1. The zero-order chi connectivity index (χ0) is 26.5. The van der Waals surface area contributed by atoms with Gasteiger partial charge in [0.2, 0.25) is 0 Å². The number of amides is 1. The molecule has 1 aromatic carbocycles. The summed E-state index contributed by atoms with van der Waals surface area (Å²) < 4.78 is 53.8. The van der Waals surface area contributed by atoms with Gasteiger partial charge in [-0.3, -0.25) is 4.79 Å². The fraction of sp³-hybridized carbons (Fsp3) is 0.500. The largest absolute Gasteiger partial charge is 0.477 e. The van der Waals surface area contributed by atoms with E-state index < -0.39 is 25.3 Å². The lowest BCUT2D eigenvalue weighted by atomic mass is 9.96. The normalized spacial score (nSPS) is 22.4. The summed E-state index contributed by atoms with van der Waals surface area (Å²) in [6.07, 6.45) is 6.93. The highest BCUT2D eigenvalue weighted by atomic mass is 35.5. The molecule has 2 aliphatic heterocycles. The second kappa shape index (κ2) is 9.50. The summed E-state index contributed by atoms with van der Waals surface area (Å²) in [5, 5.41) is 3.34. The van der Waals surface area contributed by atoms with Crippen molar-refractivity contribution in [1.29, 1.82) is 0 Å². The summed E-state index contributed by atoms with van der Waals surface area (Å²) >= 11 is 5.97. The number of carbonyl (C=O) groups excluding carboxylic acids is 1. The molecule has 2 aromatic rings. The van der Waals surface area contributed by atoms with Crippen molar-refractivity contribution in [2.75, 3.05) is 17.4 Å². The number of anilines is 1. The average Bonchev–Trinajstić information content (AvgIpc) is 3.04. The lowest BCUT2D eigenvalue weighted by Gasteiger charge is -2.40. The lowest BCUT2D eigenvalue weighted by molar-refractivity contribution is -0.135. The van der Waals surface area contributed by atoms with Crippen LogP contribution >= 0.6 is 11.6 Å². The second-order valence-electron chi connectivity index (χ2n) is 10.0. The fourth-order valence-corrected chi connectivity index (χ4v) is 6.56. The van der Waals surface area contributed by atoms with E-state index in [1.807, 2.05) is 0 Å². The van der Waals surface area contributed by atoms with Gasteiger partial charge < -0.3 is 15.0 Å². The Balaban J connectivity index is 1.44. The van der Waals surface area contributed by atoms with Crippen molar-refractivity contribution in [2.24, 2.45) is 0 Å². The molecule has 2 fully saturated rings. The summed E-state index contributed by atoms with van der Waals surface area (Å²) in [6.45, 7) is 3.19. The molecule has 2 saturated heterocycles. The summed E-state index contributed by atoms with van der Waals surface area (Å²) in [7, 11) is -6.93. The van der Waals surface area contributed by atoms with E-state index in [9.17, 15) is 21.6 Å². The number of carbonyl (C=O) groups is 1. The number of fused-ring (bicyclic) bond motifs is 2. The number of rotatable bonds is 7. The molecular weight excluding hydrogens is 526 g/mol. The number of pyridine rings is 1. The van der Waals surface area contributed by atoms with E-state index >= 15 is 0 Å². The first-order valence-corrected chi connectivity index (χ1v) is 15.8. The van der Waals surface area contributed by atoms with Gasteiger partial charge in [0.25, 0.3) is 5.91 Å². The number of benzene rings is 1. The molecule has 0 unspecified atom stereocenters. The number of piperidine rings is 1. The van der Waals surface area contributed by atoms with E-state index in [0.717, 1.165) is 31.2 Å². The molecule has 3 atom stereocenters. The number of nitrogens with one attached hydrogen (secondary N) is 1. The number of halogens is 1. The Morgan fingerprint density at radius 1 is 1.06 bits per heavy atom. The van der Waals surface area contributed by atoms with Gasteiger partial charge in [-0.2, -0.15) is 0 Å². The van der Waals surface area contributed by atoms with Crippen LogP contribution in [0.15, 0.2) is 46.3 Å². The highest BCUT2D eigenvalue weighted by Crippen LogP contribution is 2.39. The molecule has 4 rings (SSSR count). The topological polar surface area (TPSA) is 123 Å². The van der Waals surface area contributed by atoms with E-state index in [1.54, 1.807) is 26.0 Å². The minimum atomic E-state index is -3.62. The molecular formula is C24H30ClN3O6S2. The minimum absolute atomic E-state index is 0.0700. The number of hydrogen-bond acceptors (Lipinski definition) is 8. The van der Waals surface area contributed by atoms with Gasteiger partial charge in [0, 0.05) is 41.9 Å². The van der Waals surface area contributed by atoms with Gasteiger partial charge in [-0.1, -0.05) is 11.6 Å². The summed E-state index contributed by atoms with van der Waals surface area (Å²) in [4.78, 5) is 19.9. The van der Waals surface area contributed by atoms with Crippen molar-refractivity contribution in [3.8, 4) is 5.75 Å². The molecule has 12 heteroatoms. The van der Waals surface area contributed by atoms with Crippen molar-refractivity contribution in [3.05, 3.63) is 41.6 Å². The molecule has 1 amide bonds. The molecule has 36 heavy (non-hydrogen) atoms. The molecule has 0 radical (unpaired) electrons. The number of hydrogen-bond donors (Lipinski definition) is 1. The summed E-state index contributed by atoms with van der Waals surface area (Å²) in [5.74, 6) is 0.463. The van der Waals surface area contributed by atoms with E-state index in [1.165, 1.54) is 24.4 Å². The maximum atomic E-state index is 13.2. The maximum absolute atomic E-state index is 13.2. The van der Waals surface area contributed by atoms with Crippen LogP contribution in [0.5, 0.6) is 5.75 Å². The Labute approximate surface area is 217 Å². The van der Waals surface area contributed by atoms with Gasteiger partial charge in [0.1, 0.15) is 16.5 Å². The fourth-order valence-electron chi connectivity index (χ4n) is 4.95. The number of nitrogens with zero attached hydrogens (tertiary/aromatic N) is 2. The molecule has 1 N–H and O–H groups in total. The molecule has 196 valence electrons. The molecule has 0 saturated carbocycles. The van der Waals surface area contributed by atoms with Gasteiger partial charge >= 0.3 is 0 Å². The van der Waals surface area contributed by atoms with Crippen LogP contribution < -0.4 is 15.0 Å². The minimum Gasteiger partial charge on any atom is -0.477 e. The van der Waals surface area contributed by atoms with Gasteiger partial charge in [0.15, 0.2) is 25.3 Å². The Hall–Kier alpha value is -2.37. The molecule has 2 aliphatic rings. The van der Waals surface area contributed by atoms with Crippen molar-refractivity contribution < 1.29 is 26.4 Å². The highest BCUT2D eigenvalue weighted by molar-refractivity contribution is 7.91. The number of aromatic nitrogens is 1. The third-order valence-electron chi connectivity index (χ3n) is 6.70. The Kier molecular flexibility index (Phi) is 7.04. The summed E-state index contributed by atoms with van der Waals surface area (Å²) in [6, 6.07) is 7.85. The van der Waals surface area contributed by atoms with Crippen molar-refractivity contribution in [1.82, 2.24) is 10.3 Å². The zero-order valence-corrected chi connectivity index (χ0v) is 23.0. The monoisotopic (exact) mass is 555 g/mol. The first kappa shape index (κ1) is 26.7. The third-order valence-corrected chi connectivity index (χ3v) is 9.15. The molecule has 2 bridgehead atoms. The Bertz CT molecular complexity index is 1360. The molecule has 1 aromatic heterocycles. The molecule has 9 nitrogen and oxygen atoms in total. The third kappa shape index (κ3) is 5.63. The number of sulfone groups is 2. The quantitative estimate of drug-likeness (QED) is 0.553. The zero-order valence-electron chi connectivity index (χ0n) is 20.6. The van der Waals surface area contributed by atoms with Crippen molar-refractivity contribution in [3.63, 3.8) is 0 Å². The Morgan fingerprint density at radius 2 is 1.69 bits per heavy atom. The van der Waals surface area contributed by atoms with E-state index in [-0.39, 0.29) is 44.6 Å². The molecule has 0 spiro atoms. The predicted octanol–water partition coefficient (Wildman–Crippen LogP) is 3.02. The van der Waals surface area contributed by atoms with Gasteiger partial charge in [0.05, 0.1) is 4.90 Å². The molecule has 0 aliphatic carbocycles. The summed E-state index contributed by atoms with van der Waals surface area (Å²) in [5.41, 5.74) is -1.33. The van der Waals surface area contributed by atoms with E-state index in [2.05, 4.69) is 15.2 Å². The van der Waals surface area contributed by atoms with Gasteiger partial charge in [-0.25, -0.2) is 21.8 Å². The van der Waals surface area contributed by atoms with Crippen LogP contribution in [0.3, 0.4) is 0 Å². The Morgan fingerprint density at radius 3 is 2.22 bits per heavy atom. The van der Waals surface area contributed by atoms with Crippen molar-refractivity contribution >= 4 is 43.0 Å². The van der Waals surface area contributed by atoms with Crippen LogP contribution in [-0.2, 0) is 24.5 Å². The first-order chi connectivity index (χ1) is 16.6. The van der Waals surface area contributed by atoms with Gasteiger partial charge in [-0.15, -0.1) is 0 Å². The average molecular weight is 556 g/mol. The predicted molar refractivity (Wildman–Crippen MR) is 137 cm³/mol. The SMILES string of the molecule is CC(C)(Oc1ccc(Cl)cc1S(C)(=O)=O)C(=O)N[C@H]1C[C@H]2CC[C@@H](C1)N2c1ccc(S(C)(=O)=O)cn1. The van der Waals surface area contributed by atoms with Crippen LogP contribution in [0.25, 0.3) is 0 Å². The van der Waals surface area contributed by atoms with Crippen LogP contribution in [0.2, 0.25) is 5.02 Å². The van der Waals surface area contributed by atoms with Crippen molar-refractivity contribution in [2.45, 2.75) is 73.0 Å². The smallest absolute Gasteiger partial charge is 0.263 e. The standard InChI is InChI=1S/C24H30ClN3O6S2/c1-24(2,34-20-9-5-15(25)11-21(20)36(4,32)33)23(29)27-16-12-17-6-7-18(13-16)28(17)22-10-8-19(14-26-22)35(3,30)31/h5,8-11,14,16-18H,6-7,12-13H2,1-4H3,(H,27,29)/t16-,17+,18-. The van der Waals surface area contributed by atoms with Crippen LogP contribution in [-0.4, -0.2) is 64.0 Å². The van der Waals surface area contributed by atoms with Crippen LogP contribution in [0.1, 0.15) is 39.5 Å². The van der Waals surface area contributed by atoms with Gasteiger partial charge in [-0.05, 0) is 69.9 Å². The van der Waals surface area contributed by atoms with E-state index in [0.29, 0.717) is 12.8 Å². The second-order valence-corrected chi connectivity index (χ2v) is 14.5. The highest BCUT2D eigenvalue weighted by Gasteiger charge is 2.43. The van der Waals surface area contributed by atoms with Crippen LogP contribution in [0.4, 0.5) is 5.82 Å². The maximum Gasteiger partial charge on any atom is 0.263 e. The molecule has 3 heterocycles. The lowest BCUT2D eigenvalue weighted by Crippen LogP contribution is -2.55. The first-order valence-electron chi connectivity index (χ1n) is 11.6.